The fraction of sp³-hybridized carbons (Fsp3) is 0.0833. The van der Waals surface area contributed by atoms with E-state index in [9.17, 15) is 4.39 Å². The smallest absolute Gasteiger partial charge is 0.165 e. The zero-order valence-electron chi connectivity index (χ0n) is 9.36. The highest BCUT2D eigenvalue weighted by Crippen LogP contribution is 2.23. The molecule has 2 aromatic rings. The SMILES string of the molecule is NNc1cc(COc2cc(Br)ccc2F)ccn1. The van der Waals surface area contributed by atoms with E-state index in [-0.39, 0.29) is 12.4 Å². The van der Waals surface area contributed by atoms with Crippen LogP contribution in [0.25, 0.3) is 0 Å². The van der Waals surface area contributed by atoms with Crippen LogP contribution < -0.4 is 16.0 Å². The van der Waals surface area contributed by atoms with Gasteiger partial charge in [0.2, 0.25) is 0 Å². The van der Waals surface area contributed by atoms with Gasteiger partial charge < -0.3 is 10.2 Å². The summed E-state index contributed by atoms with van der Waals surface area (Å²) in [7, 11) is 0. The number of nitrogen functional groups attached to an aromatic ring is 1. The molecule has 0 spiro atoms. The minimum Gasteiger partial charge on any atom is -0.486 e. The van der Waals surface area contributed by atoms with E-state index in [1.807, 2.05) is 0 Å². The predicted octanol–water partition coefficient (Wildman–Crippen LogP) is 2.85. The molecule has 3 N–H and O–H groups in total. The van der Waals surface area contributed by atoms with Crippen molar-refractivity contribution in [1.29, 1.82) is 0 Å². The van der Waals surface area contributed by atoms with E-state index < -0.39 is 5.82 Å². The fourth-order valence-electron chi connectivity index (χ4n) is 1.39. The zero-order valence-corrected chi connectivity index (χ0v) is 10.9. The number of benzene rings is 1. The normalized spacial score (nSPS) is 10.2. The summed E-state index contributed by atoms with van der Waals surface area (Å²) in [5.41, 5.74) is 3.28. The van der Waals surface area contributed by atoms with Crippen LogP contribution in [0.4, 0.5) is 10.2 Å². The van der Waals surface area contributed by atoms with Crippen LogP contribution in [-0.4, -0.2) is 4.98 Å². The number of hydrogen-bond donors (Lipinski definition) is 2. The van der Waals surface area contributed by atoms with Crippen LogP contribution in [0.2, 0.25) is 0 Å². The number of nitrogens with two attached hydrogens (primary N) is 1. The Balaban J connectivity index is 2.08. The zero-order chi connectivity index (χ0) is 13.0. The molecule has 2 rings (SSSR count). The molecule has 0 unspecified atom stereocenters. The first-order valence-electron chi connectivity index (χ1n) is 5.18. The summed E-state index contributed by atoms with van der Waals surface area (Å²) in [4.78, 5) is 3.97. The number of ether oxygens (including phenoxy) is 1. The Morgan fingerprint density at radius 1 is 1.33 bits per heavy atom. The molecule has 0 aliphatic carbocycles. The quantitative estimate of drug-likeness (QED) is 0.673. The van der Waals surface area contributed by atoms with E-state index in [1.165, 1.54) is 6.07 Å². The molecule has 0 saturated heterocycles. The molecule has 1 aromatic heterocycles. The standard InChI is InChI=1S/C12H11BrFN3O/c13-9-1-2-10(14)11(6-9)18-7-8-3-4-16-12(5-8)17-15/h1-6H,7,15H2,(H,16,17). The van der Waals surface area contributed by atoms with Crippen molar-refractivity contribution in [3.8, 4) is 5.75 Å². The Kier molecular flexibility index (Phi) is 4.11. The van der Waals surface area contributed by atoms with Gasteiger partial charge in [0.05, 0.1) is 0 Å². The number of hydrogen-bond acceptors (Lipinski definition) is 4. The minimum atomic E-state index is -0.399. The molecule has 0 bridgehead atoms. The molecule has 4 nitrogen and oxygen atoms in total. The van der Waals surface area contributed by atoms with Crippen LogP contribution >= 0.6 is 15.9 Å². The molecule has 6 heteroatoms. The van der Waals surface area contributed by atoms with Crippen molar-refractivity contribution in [3.05, 3.63) is 52.4 Å². The summed E-state index contributed by atoms with van der Waals surface area (Å²) in [5, 5.41) is 0. The number of hydrazine groups is 1. The van der Waals surface area contributed by atoms with Crippen molar-refractivity contribution < 1.29 is 9.13 Å². The molecule has 0 aliphatic rings. The lowest BCUT2D eigenvalue weighted by Crippen LogP contribution is -2.09. The number of nitrogens with zero attached hydrogens (tertiary/aromatic N) is 1. The van der Waals surface area contributed by atoms with Crippen molar-refractivity contribution in [2.45, 2.75) is 6.61 Å². The van der Waals surface area contributed by atoms with E-state index in [0.717, 1.165) is 10.0 Å². The summed E-state index contributed by atoms with van der Waals surface area (Å²) < 4.78 is 19.6. The minimum absolute atomic E-state index is 0.198. The molecule has 0 atom stereocenters. The first-order valence-corrected chi connectivity index (χ1v) is 5.98. The summed E-state index contributed by atoms with van der Waals surface area (Å²) in [6.45, 7) is 0.241. The molecule has 94 valence electrons. The van der Waals surface area contributed by atoms with Gasteiger partial charge in [0, 0.05) is 10.7 Å². The van der Waals surface area contributed by atoms with Gasteiger partial charge in [-0.15, -0.1) is 0 Å². The highest BCUT2D eigenvalue weighted by atomic mass is 79.9. The van der Waals surface area contributed by atoms with Gasteiger partial charge in [-0.2, -0.15) is 0 Å². The topological polar surface area (TPSA) is 60.2 Å². The van der Waals surface area contributed by atoms with Crippen LogP contribution in [0.5, 0.6) is 5.75 Å². The van der Waals surface area contributed by atoms with Crippen LogP contribution in [0.1, 0.15) is 5.56 Å². The average molecular weight is 312 g/mol. The maximum absolute atomic E-state index is 13.4. The van der Waals surface area contributed by atoms with Gasteiger partial charge in [0.1, 0.15) is 12.4 Å². The fourth-order valence-corrected chi connectivity index (χ4v) is 1.73. The summed E-state index contributed by atoms with van der Waals surface area (Å²) >= 11 is 3.26. The van der Waals surface area contributed by atoms with Gasteiger partial charge in [-0.25, -0.2) is 15.2 Å². The second kappa shape index (κ2) is 5.79. The highest BCUT2D eigenvalue weighted by molar-refractivity contribution is 9.10. The average Bonchev–Trinajstić information content (AvgIpc) is 2.40. The molecule has 0 amide bonds. The second-order valence-electron chi connectivity index (χ2n) is 3.56. The van der Waals surface area contributed by atoms with Crippen molar-refractivity contribution in [3.63, 3.8) is 0 Å². The lowest BCUT2D eigenvalue weighted by Gasteiger charge is -2.08. The van der Waals surface area contributed by atoms with Crippen LogP contribution in [-0.2, 0) is 6.61 Å². The summed E-state index contributed by atoms with van der Waals surface area (Å²) in [6.07, 6.45) is 1.60. The molecule has 0 aliphatic heterocycles. The predicted molar refractivity (Wildman–Crippen MR) is 70.5 cm³/mol. The maximum atomic E-state index is 13.4. The largest absolute Gasteiger partial charge is 0.486 e. The number of rotatable bonds is 4. The number of pyridine rings is 1. The third-order valence-corrected chi connectivity index (χ3v) is 2.75. The number of nitrogens with one attached hydrogen (secondary N) is 1. The van der Waals surface area contributed by atoms with Crippen molar-refractivity contribution >= 4 is 21.7 Å². The first kappa shape index (κ1) is 12.8. The maximum Gasteiger partial charge on any atom is 0.165 e. The Labute approximate surface area is 112 Å². The van der Waals surface area contributed by atoms with Gasteiger partial charge >= 0.3 is 0 Å². The van der Waals surface area contributed by atoms with Crippen molar-refractivity contribution in [1.82, 2.24) is 4.98 Å². The van der Waals surface area contributed by atoms with E-state index in [2.05, 4.69) is 26.3 Å². The molecule has 0 fully saturated rings. The van der Waals surface area contributed by atoms with Crippen LogP contribution in [0.3, 0.4) is 0 Å². The van der Waals surface area contributed by atoms with Crippen LogP contribution in [0, 0.1) is 5.82 Å². The number of aromatic nitrogens is 1. The highest BCUT2D eigenvalue weighted by Gasteiger charge is 2.04. The van der Waals surface area contributed by atoms with E-state index in [0.29, 0.717) is 5.82 Å². The molecule has 1 heterocycles. The van der Waals surface area contributed by atoms with Gasteiger partial charge in [-0.3, -0.25) is 0 Å². The lowest BCUT2D eigenvalue weighted by molar-refractivity contribution is 0.290. The lowest BCUT2D eigenvalue weighted by atomic mass is 10.3. The number of anilines is 1. The Bertz CT molecular complexity index is 551. The molecule has 1 aromatic carbocycles. The molecular formula is C12H11BrFN3O. The van der Waals surface area contributed by atoms with Crippen LogP contribution in [0.15, 0.2) is 41.0 Å². The summed E-state index contributed by atoms with van der Waals surface area (Å²) in [6, 6.07) is 8.05. The third kappa shape index (κ3) is 3.18. The van der Waals surface area contributed by atoms with E-state index >= 15 is 0 Å². The van der Waals surface area contributed by atoms with Crippen molar-refractivity contribution in [2.75, 3.05) is 5.43 Å². The summed E-state index contributed by atoms with van der Waals surface area (Å²) in [5.74, 6) is 5.58. The van der Waals surface area contributed by atoms with Crippen molar-refractivity contribution in [2.24, 2.45) is 5.84 Å². The first-order chi connectivity index (χ1) is 8.69. The number of halogens is 2. The Morgan fingerprint density at radius 3 is 2.94 bits per heavy atom. The monoisotopic (exact) mass is 311 g/mol. The molecule has 0 saturated carbocycles. The Morgan fingerprint density at radius 2 is 2.17 bits per heavy atom. The Hall–Kier alpha value is -1.66. The van der Waals surface area contributed by atoms with Gasteiger partial charge in [0.15, 0.2) is 11.6 Å². The van der Waals surface area contributed by atoms with Gasteiger partial charge in [-0.1, -0.05) is 15.9 Å². The molecular weight excluding hydrogens is 301 g/mol. The molecule has 0 radical (unpaired) electrons. The van der Waals surface area contributed by atoms with Gasteiger partial charge in [-0.05, 0) is 35.9 Å². The van der Waals surface area contributed by atoms with E-state index in [4.69, 9.17) is 10.6 Å². The second-order valence-corrected chi connectivity index (χ2v) is 4.47. The van der Waals surface area contributed by atoms with E-state index in [1.54, 1.807) is 30.5 Å². The third-order valence-electron chi connectivity index (χ3n) is 2.26. The van der Waals surface area contributed by atoms with Gasteiger partial charge in [0.25, 0.3) is 0 Å². The molecule has 18 heavy (non-hydrogen) atoms.